The highest BCUT2D eigenvalue weighted by Gasteiger charge is 2.22. The van der Waals surface area contributed by atoms with Crippen LogP contribution in [0.1, 0.15) is 20.8 Å². The lowest BCUT2D eigenvalue weighted by Crippen LogP contribution is -2.40. The Hall–Kier alpha value is -0.630. The van der Waals surface area contributed by atoms with Crippen LogP contribution in [0.25, 0.3) is 0 Å². The van der Waals surface area contributed by atoms with Crippen molar-refractivity contribution in [3.05, 3.63) is 22.7 Å². The van der Waals surface area contributed by atoms with Gasteiger partial charge in [0.15, 0.2) is 0 Å². The van der Waals surface area contributed by atoms with Crippen molar-refractivity contribution in [1.82, 2.24) is 4.72 Å². The first-order chi connectivity index (χ1) is 8.68. The first-order valence-electron chi connectivity index (χ1n) is 5.86. The van der Waals surface area contributed by atoms with Crippen molar-refractivity contribution in [3.63, 3.8) is 0 Å². The molecule has 1 rings (SSSR count). The minimum absolute atomic E-state index is 0.139. The molecule has 0 atom stereocenters. The van der Waals surface area contributed by atoms with Crippen molar-refractivity contribution in [3.8, 4) is 0 Å². The van der Waals surface area contributed by atoms with Gasteiger partial charge in [0.05, 0.1) is 10.5 Å². The number of nitrogens with one attached hydrogen (secondary N) is 1. The first-order valence-corrected chi connectivity index (χ1v) is 8.14. The molecule has 5 nitrogen and oxygen atoms in total. The molecule has 0 unspecified atom stereocenters. The molecule has 0 aliphatic heterocycles. The molecule has 19 heavy (non-hydrogen) atoms. The zero-order valence-electron chi connectivity index (χ0n) is 11.2. The largest absolute Gasteiger partial charge is 0.398 e. The molecule has 7 heteroatoms. The predicted molar refractivity (Wildman–Crippen MR) is 79.4 cm³/mol. The third-order valence-electron chi connectivity index (χ3n) is 2.50. The van der Waals surface area contributed by atoms with E-state index in [9.17, 15) is 8.42 Å². The van der Waals surface area contributed by atoms with Gasteiger partial charge in [0.1, 0.15) is 0 Å². The first kappa shape index (κ1) is 16.4. The van der Waals surface area contributed by atoms with E-state index in [0.717, 1.165) is 0 Å². The quantitative estimate of drug-likeness (QED) is 0.770. The summed E-state index contributed by atoms with van der Waals surface area (Å²) in [5, 5.41) is 0. The topological polar surface area (TPSA) is 81.4 Å². The Morgan fingerprint density at radius 3 is 2.58 bits per heavy atom. The molecule has 3 N–H and O–H groups in total. The molecule has 0 radical (unpaired) electrons. The summed E-state index contributed by atoms with van der Waals surface area (Å²) >= 11 is 3.23. The van der Waals surface area contributed by atoms with E-state index in [1.54, 1.807) is 6.07 Å². The van der Waals surface area contributed by atoms with Gasteiger partial charge in [-0.15, -0.1) is 0 Å². The van der Waals surface area contributed by atoms with Crippen LogP contribution >= 0.6 is 15.9 Å². The molecular formula is C12H19BrN2O3S. The van der Waals surface area contributed by atoms with Gasteiger partial charge in [0.25, 0.3) is 0 Å². The van der Waals surface area contributed by atoms with E-state index < -0.39 is 15.6 Å². The van der Waals surface area contributed by atoms with Gasteiger partial charge in [-0.05, 0) is 54.9 Å². The third kappa shape index (κ3) is 4.76. The summed E-state index contributed by atoms with van der Waals surface area (Å²) in [7, 11) is -3.58. The maximum absolute atomic E-state index is 12.1. The van der Waals surface area contributed by atoms with Crippen LogP contribution in [0, 0.1) is 0 Å². The lowest BCUT2D eigenvalue weighted by Gasteiger charge is -2.24. The average Bonchev–Trinajstić information content (AvgIpc) is 2.30. The van der Waals surface area contributed by atoms with Gasteiger partial charge in [-0.2, -0.15) is 0 Å². The lowest BCUT2D eigenvalue weighted by atomic mass is 10.1. The fourth-order valence-corrected chi connectivity index (χ4v) is 2.96. The molecule has 0 bridgehead atoms. The van der Waals surface area contributed by atoms with Gasteiger partial charge in [0.2, 0.25) is 10.0 Å². The molecule has 0 amide bonds. The third-order valence-corrected chi connectivity index (χ3v) is 4.62. The van der Waals surface area contributed by atoms with Crippen molar-refractivity contribution >= 4 is 31.6 Å². The highest BCUT2D eigenvalue weighted by atomic mass is 79.9. The van der Waals surface area contributed by atoms with E-state index in [1.165, 1.54) is 12.1 Å². The monoisotopic (exact) mass is 350 g/mol. The van der Waals surface area contributed by atoms with Gasteiger partial charge in [-0.3, -0.25) is 0 Å². The summed E-state index contributed by atoms with van der Waals surface area (Å²) in [6.45, 7) is 6.24. The molecule has 0 spiro atoms. The Balaban J connectivity index is 2.84. The highest BCUT2D eigenvalue weighted by molar-refractivity contribution is 9.10. The Morgan fingerprint density at radius 2 is 2.05 bits per heavy atom. The molecule has 0 heterocycles. The second-order valence-electron chi connectivity index (χ2n) is 4.70. The van der Waals surface area contributed by atoms with Crippen LogP contribution in [0.3, 0.4) is 0 Å². The van der Waals surface area contributed by atoms with Crippen LogP contribution in [-0.2, 0) is 14.8 Å². The smallest absolute Gasteiger partial charge is 0.240 e. The normalized spacial score (nSPS) is 12.6. The molecular weight excluding hydrogens is 332 g/mol. The predicted octanol–water partition coefficient (Wildman–Crippen LogP) is 2.12. The number of sulfonamides is 1. The molecule has 0 aliphatic carbocycles. The molecule has 0 saturated heterocycles. The molecule has 0 aliphatic rings. The van der Waals surface area contributed by atoms with Crippen molar-refractivity contribution < 1.29 is 13.2 Å². The zero-order valence-corrected chi connectivity index (χ0v) is 13.6. The van der Waals surface area contributed by atoms with E-state index in [2.05, 4.69) is 20.7 Å². The van der Waals surface area contributed by atoms with Gasteiger partial charge >= 0.3 is 0 Å². The minimum atomic E-state index is -3.58. The number of hydrogen-bond donors (Lipinski definition) is 2. The SMILES string of the molecule is CCOC(C)(C)CNS(=O)(=O)c1ccc(Br)c(N)c1. The van der Waals surface area contributed by atoms with Crippen LogP contribution in [0.4, 0.5) is 5.69 Å². The number of rotatable bonds is 6. The summed E-state index contributed by atoms with van der Waals surface area (Å²) in [6.07, 6.45) is 0. The van der Waals surface area contributed by atoms with Gasteiger partial charge in [0, 0.05) is 23.3 Å². The van der Waals surface area contributed by atoms with E-state index >= 15 is 0 Å². The van der Waals surface area contributed by atoms with Crippen LogP contribution in [-0.4, -0.2) is 27.2 Å². The van der Waals surface area contributed by atoms with Crippen LogP contribution in [0.15, 0.2) is 27.6 Å². The van der Waals surface area contributed by atoms with Crippen molar-refractivity contribution in [1.29, 1.82) is 0 Å². The fourth-order valence-electron chi connectivity index (χ4n) is 1.48. The number of anilines is 1. The van der Waals surface area contributed by atoms with Crippen molar-refractivity contribution in [2.24, 2.45) is 0 Å². The van der Waals surface area contributed by atoms with E-state index in [1.807, 2.05) is 20.8 Å². The second kappa shape index (κ2) is 6.21. The molecule has 0 fully saturated rings. The number of benzene rings is 1. The Morgan fingerprint density at radius 1 is 1.42 bits per heavy atom. The van der Waals surface area contributed by atoms with Crippen LogP contribution in [0.2, 0.25) is 0 Å². The molecule has 1 aromatic carbocycles. The maximum Gasteiger partial charge on any atom is 0.240 e. The number of nitrogen functional groups attached to an aromatic ring is 1. The summed E-state index contributed by atoms with van der Waals surface area (Å²) in [4.78, 5) is 0.139. The fraction of sp³-hybridized carbons (Fsp3) is 0.500. The molecule has 0 aromatic heterocycles. The summed E-state index contributed by atoms with van der Waals surface area (Å²) in [5.74, 6) is 0. The van der Waals surface area contributed by atoms with E-state index in [0.29, 0.717) is 16.8 Å². The van der Waals surface area contributed by atoms with E-state index in [-0.39, 0.29) is 11.4 Å². The lowest BCUT2D eigenvalue weighted by molar-refractivity contribution is -0.00514. The maximum atomic E-state index is 12.1. The average molecular weight is 351 g/mol. The van der Waals surface area contributed by atoms with Crippen LogP contribution in [0.5, 0.6) is 0 Å². The van der Waals surface area contributed by atoms with Crippen molar-refractivity contribution in [2.45, 2.75) is 31.3 Å². The van der Waals surface area contributed by atoms with Gasteiger partial charge < -0.3 is 10.5 Å². The number of nitrogens with two attached hydrogens (primary N) is 1. The standard InChI is InChI=1S/C12H19BrN2O3S/c1-4-18-12(2,3)8-15-19(16,17)9-5-6-10(13)11(14)7-9/h5-7,15H,4,8,14H2,1-3H3. The van der Waals surface area contributed by atoms with Crippen LogP contribution < -0.4 is 10.5 Å². The molecule has 0 saturated carbocycles. The minimum Gasteiger partial charge on any atom is -0.398 e. The summed E-state index contributed by atoms with van der Waals surface area (Å²) < 4.78 is 32.9. The Labute approximate surface area is 122 Å². The molecule has 1 aromatic rings. The van der Waals surface area contributed by atoms with Gasteiger partial charge in [-0.25, -0.2) is 13.1 Å². The zero-order chi connectivity index (χ0) is 14.7. The number of hydrogen-bond acceptors (Lipinski definition) is 4. The second-order valence-corrected chi connectivity index (χ2v) is 7.32. The molecule has 108 valence electrons. The Bertz CT molecular complexity index is 544. The van der Waals surface area contributed by atoms with Crippen molar-refractivity contribution in [2.75, 3.05) is 18.9 Å². The number of halogens is 1. The summed E-state index contributed by atoms with van der Waals surface area (Å²) in [5.41, 5.74) is 5.51. The Kier molecular flexibility index (Phi) is 5.37. The van der Waals surface area contributed by atoms with Gasteiger partial charge in [-0.1, -0.05) is 0 Å². The summed E-state index contributed by atoms with van der Waals surface area (Å²) in [6, 6.07) is 4.52. The number of ether oxygens (including phenoxy) is 1. The highest BCUT2D eigenvalue weighted by Crippen LogP contribution is 2.22. The van der Waals surface area contributed by atoms with E-state index in [4.69, 9.17) is 10.5 Å².